The molecule has 0 amide bonds. The van der Waals surface area contributed by atoms with E-state index in [4.69, 9.17) is 15.9 Å². The van der Waals surface area contributed by atoms with E-state index >= 15 is 0 Å². The van der Waals surface area contributed by atoms with E-state index in [0.717, 1.165) is 12.1 Å². The third kappa shape index (κ3) is 1.86. The first-order chi connectivity index (χ1) is 6.38. The second-order valence-corrected chi connectivity index (χ2v) is 5.13. The van der Waals surface area contributed by atoms with E-state index in [1.165, 1.54) is 6.92 Å². The summed E-state index contributed by atoms with van der Waals surface area (Å²) < 4.78 is 35.1. The molecule has 0 saturated carbocycles. The monoisotopic (exact) mass is 233 g/mol. The zero-order chi connectivity index (χ0) is 10.9. The minimum absolute atomic E-state index is 0.140. The number of benzene rings is 1. The predicted octanol–water partition coefficient (Wildman–Crippen LogP) is 1.93. The minimum Gasteiger partial charge on any atom is -0.207 e. The van der Waals surface area contributed by atoms with Crippen LogP contribution in [0.3, 0.4) is 0 Å². The van der Waals surface area contributed by atoms with Crippen LogP contribution in [0.1, 0.15) is 11.1 Å². The maximum atomic E-state index is 13.2. The molecule has 0 spiro atoms. The highest BCUT2D eigenvalue weighted by atomic mass is 35.7. The van der Waals surface area contributed by atoms with E-state index < -0.39 is 14.9 Å². The van der Waals surface area contributed by atoms with Crippen LogP contribution in [-0.4, -0.2) is 8.42 Å². The molecule has 0 atom stereocenters. The van der Waals surface area contributed by atoms with Crippen molar-refractivity contribution in [3.63, 3.8) is 0 Å². The van der Waals surface area contributed by atoms with Gasteiger partial charge in [-0.2, -0.15) is 5.26 Å². The molecule has 6 heteroatoms. The standard InChI is InChI=1S/C8H5ClFNO2S/c1-5-7(14(9,12)13)3-2-6(4-11)8(5)10/h2-3H,1H3. The Kier molecular flexibility index (Phi) is 2.79. The quantitative estimate of drug-likeness (QED) is 0.697. The van der Waals surface area contributed by atoms with Crippen LogP contribution in [-0.2, 0) is 9.05 Å². The second-order valence-electron chi connectivity index (χ2n) is 2.60. The minimum atomic E-state index is -3.96. The van der Waals surface area contributed by atoms with Crippen LogP contribution in [0, 0.1) is 24.1 Å². The molecule has 0 aliphatic rings. The van der Waals surface area contributed by atoms with Crippen molar-refractivity contribution in [3.8, 4) is 6.07 Å². The van der Waals surface area contributed by atoms with E-state index in [2.05, 4.69) is 0 Å². The van der Waals surface area contributed by atoms with Gasteiger partial charge in [-0.15, -0.1) is 0 Å². The van der Waals surface area contributed by atoms with Crippen molar-refractivity contribution in [2.75, 3.05) is 0 Å². The molecule has 3 nitrogen and oxygen atoms in total. The molecule has 14 heavy (non-hydrogen) atoms. The SMILES string of the molecule is Cc1c(S(=O)(=O)Cl)ccc(C#N)c1F. The normalized spacial score (nSPS) is 11.0. The fourth-order valence-electron chi connectivity index (χ4n) is 1.02. The van der Waals surface area contributed by atoms with Gasteiger partial charge in [-0.25, -0.2) is 12.8 Å². The smallest absolute Gasteiger partial charge is 0.207 e. The number of halogens is 2. The molecule has 0 heterocycles. The second kappa shape index (κ2) is 3.56. The van der Waals surface area contributed by atoms with Gasteiger partial charge in [0.05, 0.1) is 10.5 Å². The lowest BCUT2D eigenvalue weighted by atomic mass is 10.1. The Morgan fingerprint density at radius 1 is 1.50 bits per heavy atom. The van der Waals surface area contributed by atoms with Gasteiger partial charge in [0.25, 0.3) is 9.05 Å². The summed E-state index contributed by atoms with van der Waals surface area (Å²) in [4.78, 5) is -0.310. The van der Waals surface area contributed by atoms with Crippen molar-refractivity contribution in [2.45, 2.75) is 11.8 Å². The summed E-state index contributed by atoms with van der Waals surface area (Å²) >= 11 is 0. The summed E-state index contributed by atoms with van der Waals surface area (Å²) in [7, 11) is 1.10. The highest BCUT2D eigenvalue weighted by Gasteiger charge is 2.18. The van der Waals surface area contributed by atoms with Gasteiger partial charge < -0.3 is 0 Å². The predicted molar refractivity (Wildman–Crippen MR) is 48.9 cm³/mol. The van der Waals surface area contributed by atoms with Crippen molar-refractivity contribution in [1.29, 1.82) is 5.26 Å². The Labute approximate surface area is 85.2 Å². The zero-order valence-electron chi connectivity index (χ0n) is 7.08. The molecule has 0 saturated heterocycles. The van der Waals surface area contributed by atoms with Crippen LogP contribution in [0.5, 0.6) is 0 Å². The molecule has 0 N–H and O–H groups in total. The molecule has 0 radical (unpaired) electrons. The van der Waals surface area contributed by atoms with Crippen molar-refractivity contribution in [1.82, 2.24) is 0 Å². The third-order valence-electron chi connectivity index (χ3n) is 1.72. The number of nitrogens with zero attached hydrogens (tertiary/aromatic N) is 1. The van der Waals surface area contributed by atoms with E-state index in [-0.39, 0.29) is 16.0 Å². The van der Waals surface area contributed by atoms with Gasteiger partial charge >= 0.3 is 0 Å². The molecule has 0 unspecified atom stereocenters. The highest BCUT2D eigenvalue weighted by molar-refractivity contribution is 8.13. The van der Waals surface area contributed by atoms with Crippen LogP contribution in [0.25, 0.3) is 0 Å². The Bertz CT molecular complexity index is 519. The lowest BCUT2D eigenvalue weighted by Gasteiger charge is -2.03. The van der Waals surface area contributed by atoms with Gasteiger partial charge in [0.15, 0.2) is 0 Å². The molecule has 0 fully saturated rings. The average molecular weight is 234 g/mol. The van der Waals surface area contributed by atoms with E-state index in [1.54, 1.807) is 6.07 Å². The van der Waals surface area contributed by atoms with Crippen molar-refractivity contribution >= 4 is 19.7 Å². The van der Waals surface area contributed by atoms with Gasteiger partial charge in [0.1, 0.15) is 11.9 Å². The van der Waals surface area contributed by atoms with E-state index in [9.17, 15) is 12.8 Å². The van der Waals surface area contributed by atoms with Gasteiger partial charge in [-0.3, -0.25) is 0 Å². The van der Waals surface area contributed by atoms with E-state index in [1.807, 2.05) is 0 Å². The number of hydrogen-bond donors (Lipinski definition) is 0. The third-order valence-corrected chi connectivity index (χ3v) is 3.19. The molecular weight excluding hydrogens is 229 g/mol. The van der Waals surface area contributed by atoms with E-state index in [0.29, 0.717) is 0 Å². The topological polar surface area (TPSA) is 57.9 Å². The molecule has 0 bridgehead atoms. The van der Waals surface area contributed by atoms with Gasteiger partial charge in [0, 0.05) is 16.2 Å². The number of nitriles is 1. The Morgan fingerprint density at radius 2 is 2.07 bits per heavy atom. The van der Waals surface area contributed by atoms with Crippen LogP contribution in [0.15, 0.2) is 17.0 Å². The first-order valence-electron chi connectivity index (χ1n) is 3.52. The van der Waals surface area contributed by atoms with Gasteiger partial charge in [-0.05, 0) is 19.1 Å². The summed E-state index contributed by atoms with van der Waals surface area (Å²) in [5.74, 6) is -0.853. The van der Waals surface area contributed by atoms with Crippen molar-refractivity contribution in [3.05, 3.63) is 29.1 Å². The van der Waals surface area contributed by atoms with Crippen LogP contribution >= 0.6 is 10.7 Å². The number of hydrogen-bond acceptors (Lipinski definition) is 3. The van der Waals surface area contributed by atoms with Crippen molar-refractivity contribution < 1.29 is 12.8 Å². The summed E-state index contributed by atoms with van der Waals surface area (Å²) in [5, 5.41) is 8.46. The molecular formula is C8H5ClFNO2S. The summed E-state index contributed by atoms with van der Waals surface area (Å²) in [6.45, 7) is 1.26. The first-order valence-corrected chi connectivity index (χ1v) is 5.82. The molecule has 1 aromatic carbocycles. The zero-order valence-corrected chi connectivity index (χ0v) is 8.66. The summed E-state index contributed by atoms with van der Waals surface area (Å²) in [5.41, 5.74) is -0.342. The molecule has 0 aromatic heterocycles. The summed E-state index contributed by atoms with van der Waals surface area (Å²) in [6, 6.07) is 3.79. The fraction of sp³-hybridized carbons (Fsp3) is 0.125. The fourth-order valence-corrected chi connectivity index (χ4v) is 2.21. The van der Waals surface area contributed by atoms with Crippen molar-refractivity contribution in [2.24, 2.45) is 0 Å². The van der Waals surface area contributed by atoms with Crippen LogP contribution in [0.2, 0.25) is 0 Å². The Balaban J connectivity index is 3.57. The van der Waals surface area contributed by atoms with Crippen LogP contribution in [0.4, 0.5) is 4.39 Å². The first kappa shape index (κ1) is 11.0. The maximum absolute atomic E-state index is 13.2. The number of rotatable bonds is 1. The molecule has 1 rings (SSSR count). The lowest BCUT2D eigenvalue weighted by Crippen LogP contribution is -1.99. The van der Waals surface area contributed by atoms with Crippen LogP contribution < -0.4 is 0 Å². The van der Waals surface area contributed by atoms with Gasteiger partial charge in [-0.1, -0.05) is 0 Å². The molecule has 1 aromatic rings. The van der Waals surface area contributed by atoms with Gasteiger partial charge in [0.2, 0.25) is 0 Å². The lowest BCUT2D eigenvalue weighted by molar-refractivity contribution is 0.594. The highest BCUT2D eigenvalue weighted by Crippen LogP contribution is 2.23. The Morgan fingerprint density at radius 3 is 2.50 bits per heavy atom. The average Bonchev–Trinajstić information content (AvgIpc) is 2.07. The molecule has 0 aliphatic carbocycles. The summed E-state index contributed by atoms with van der Waals surface area (Å²) in [6.07, 6.45) is 0. The largest absolute Gasteiger partial charge is 0.261 e. The molecule has 74 valence electrons. The molecule has 0 aliphatic heterocycles. The Hall–Kier alpha value is -1.12. The maximum Gasteiger partial charge on any atom is 0.261 e.